The van der Waals surface area contributed by atoms with E-state index in [9.17, 15) is 4.79 Å². The predicted octanol–water partition coefficient (Wildman–Crippen LogP) is 3.09. The van der Waals surface area contributed by atoms with Gasteiger partial charge in [-0.3, -0.25) is 4.79 Å². The highest BCUT2D eigenvalue weighted by molar-refractivity contribution is 7.12. The lowest BCUT2D eigenvalue weighted by molar-refractivity contribution is 0.0738. The highest BCUT2D eigenvalue weighted by Crippen LogP contribution is 2.25. The van der Waals surface area contributed by atoms with Gasteiger partial charge in [-0.2, -0.15) is 0 Å². The van der Waals surface area contributed by atoms with E-state index in [2.05, 4.69) is 13.0 Å². The van der Waals surface area contributed by atoms with E-state index in [1.54, 1.807) is 11.3 Å². The summed E-state index contributed by atoms with van der Waals surface area (Å²) in [6, 6.07) is 8.05. The highest BCUT2D eigenvalue weighted by Gasteiger charge is 2.24. The van der Waals surface area contributed by atoms with Crippen molar-refractivity contribution in [1.29, 1.82) is 0 Å². The van der Waals surface area contributed by atoms with Crippen molar-refractivity contribution in [3.05, 3.63) is 51.2 Å². The highest BCUT2D eigenvalue weighted by atomic mass is 32.1. The Labute approximate surface area is 123 Å². The van der Waals surface area contributed by atoms with Gasteiger partial charge in [0, 0.05) is 18.8 Å². The van der Waals surface area contributed by atoms with Crippen molar-refractivity contribution in [2.45, 2.75) is 26.3 Å². The molecule has 0 unspecified atom stereocenters. The first kappa shape index (κ1) is 13.2. The van der Waals surface area contributed by atoms with Crippen molar-refractivity contribution < 1.29 is 4.79 Å². The van der Waals surface area contributed by atoms with Crippen molar-refractivity contribution in [2.75, 3.05) is 12.3 Å². The normalized spacial score (nSPS) is 14.2. The van der Waals surface area contributed by atoms with Gasteiger partial charge in [-0.05, 0) is 53.1 Å². The number of fused-ring (bicyclic) bond motifs is 1. The van der Waals surface area contributed by atoms with Gasteiger partial charge >= 0.3 is 0 Å². The van der Waals surface area contributed by atoms with Crippen LogP contribution in [0.3, 0.4) is 0 Å². The van der Waals surface area contributed by atoms with Crippen molar-refractivity contribution in [3.63, 3.8) is 0 Å². The molecule has 0 saturated carbocycles. The van der Waals surface area contributed by atoms with Gasteiger partial charge in [0.1, 0.15) is 0 Å². The lowest BCUT2D eigenvalue weighted by Crippen LogP contribution is -2.36. The van der Waals surface area contributed by atoms with Crippen LogP contribution < -0.4 is 5.73 Å². The molecule has 1 aliphatic rings. The van der Waals surface area contributed by atoms with Gasteiger partial charge in [0.2, 0.25) is 0 Å². The van der Waals surface area contributed by atoms with Gasteiger partial charge in [0.05, 0.1) is 4.88 Å². The molecule has 0 atom stereocenters. The monoisotopic (exact) mass is 286 g/mol. The van der Waals surface area contributed by atoms with Crippen molar-refractivity contribution in [2.24, 2.45) is 0 Å². The van der Waals surface area contributed by atoms with Crippen LogP contribution in [0.2, 0.25) is 0 Å². The molecular weight excluding hydrogens is 268 g/mol. The molecule has 1 aromatic heterocycles. The number of nitrogens with two attached hydrogens (primary N) is 1. The molecule has 3 nitrogen and oxygen atoms in total. The van der Waals surface area contributed by atoms with Gasteiger partial charge in [0.25, 0.3) is 5.91 Å². The number of aryl methyl sites for hydroxylation is 1. The number of carbonyl (C=O) groups is 1. The molecule has 0 aliphatic carbocycles. The zero-order valence-electron chi connectivity index (χ0n) is 11.6. The summed E-state index contributed by atoms with van der Waals surface area (Å²) >= 11 is 1.54. The second-order valence-electron chi connectivity index (χ2n) is 5.13. The van der Waals surface area contributed by atoms with Gasteiger partial charge in [-0.1, -0.05) is 13.0 Å². The summed E-state index contributed by atoms with van der Waals surface area (Å²) in [6.07, 6.45) is 1.82. The SMILES string of the molecule is CCc1ccsc1C(=O)N1CCc2ccc(N)cc2C1. The smallest absolute Gasteiger partial charge is 0.264 e. The third-order valence-corrected chi connectivity index (χ3v) is 4.80. The first-order valence-electron chi connectivity index (χ1n) is 6.92. The summed E-state index contributed by atoms with van der Waals surface area (Å²) in [5.41, 5.74) is 10.3. The molecule has 0 radical (unpaired) electrons. The number of anilines is 1. The van der Waals surface area contributed by atoms with Crippen LogP contribution in [0, 0.1) is 0 Å². The molecule has 2 aromatic rings. The van der Waals surface area contributed by atoms with E-state index in [1.165, 1.54) is 11.1 Å². The van der Waals surface area contributed by atoms with E-state index in [4.69, 9.17) is 5.73 Å². The number of carbonyl (C=O) groups excluding carboxylic acids is 1. The van der Waals surface area contributed by atoms with Crippen LogP contribution in [0.15, 0.2) is 29.6 Å². The molecule has 4 heteroatoms. The minimum absolute atomic E-state index is 0.157. The Kier molecular flexibility index (Phi) is 3.49. The predicted molar refractivity (Wildman–Crippen MR) is 83.0 cm³/mol. The standard InChI is InChI=1S/C16H18N2OS/c1-2-11-6-8-20-15(11)16(19)18-7-5-12-3-4-14(17)9-13(12)10-18/h3-4,6,8-9H,2,5,7,10,17H2,1H3. The lowest BCUT2D eigenvalue weighted by Gasteiger charge is -2.29. The Bertz CT molecular complexity index is 648. The Morgan fingerprint density at radius 3 is 3.00 bits per heavy atom. The number of hydrogen-bond acceptors (Lipinski definition) is 3. The molecular formula is C16H18N2OS. The van der Waals surface area contributed by atoms with E-state index < -0.39 is 0 Å². The van der Waals surface area contributed by atoms with Crippen LogP contribution in [-0.4, -0.2) is 17.4 Å². The number of rotatable bonds is 2. The lowest BCUT2D eigenvalue weighted by atomic mass is 9.99. The molecule has 1 aliphatic heterocycles. The number of nitrogen functional groups attached to an aromatic ring is 1. The van der Waals surface area contributed by atoms with E-state index in [-0.39, 0.29) is 5.91 Å². The molecule has 20 heavy (non-hydrogen) atoms. The molecule has 104 valence electrons. The number of amides is 1. The fourth-order valence-corrected chi connectivity index (χ4v) is 3.66. The Morgan fingerprint density at radius 2 is 2.20 bits per heavy atom. The summed E-state index contributed by atoms with van der Waals surface area (Å²) < 4.78 is 0. The average Bonchev–Trinajstić information content (AvgIpc) is 2.94. The summed E-state index contributed by atoms with van der Waals surface area (Å²) in [6.45, 7) is 3.54. The summed E-state index contributed by atoms with van der Waals surface area (Å²) in [5, 5.41) is 2.00. The quantitative estimate of drug-likeness (QED) is 0.862. The van der Waals surface area contributed by atoms with Crippen LogP contribution >= 0.6 is 11.3 Å². The van der Waals surface area contributed by atoms with Gasteiger partial charge in [-0.15, -0.1) is 11.3 Å². The number of benzene rings is 1. The zero-order chi connectivity index (χ0) is 14.1. The number of hydrogen-bond donors (Lipinski definition) is 1. The van der Waals surface area contributed by atoms with Gasteiger partial charge < -0.3 is 10.6 Å². The molecule has 2 heterocycles. The van der Waals surface area contributed by atoms with Crippen molar-refractivity contribution in [1.82, 2.24) is 4.90 Å². The van der Waals surface area contributed by atoms with E-state index in [1.807, 2.05) is 28.5 Å². The third-order valence-electron chi connectivity index (χ3n) is 3.85. The summed E-state index contributed by atoms with van der Waals surface area (Å²) in [4.78, 5) is 15.5. The van der Waals surface area contributed by atoms with E-state index in [0.29, 0.717) is 6.54 Å². The van der Waals surface area contributed by atoms with Crippen LogP contribution in [0.1, 0.15) is 33.3 Å². The maximum atomic E-state index is 12.6. The maximum absolute atomic E-state index is 12.6. The van der Waals surface area contributed by atoms with E-state index in [0.717, 1.165) is 35.5 Å². The molecule has 1 aromatic carbocycles. The average molecular weight is 286 g/mol. The molecule has 3 rings (SSSR count). The molecule has 2 N–H and O–H groups in total. The molecule has 0 saturated heterocycles. The minimum atomic E-state index is 0.157. The largest absolute Gasteiger partial charge is 0.399 e. The molecule has 1 amide bonds. The fourth-order valence-electron chi connectivity index (χ4n) is 2.70. The second kappa shape index (κ2) is 5.29. The summed E-state index contributed by atoms with van der Waals surface area (Å²) in [5.74, 6) is 0.157. The van der Waals surface area contributed by atoms with Crippen LogP contribution in [0.5, 0.6) is 0 Å². The number of nitrogens with zero attached hydrogens (tertiary/aromatic N) is 1. The van der Waals surface area contributed by atoms with Gasteiger partial charge in [-0.25, -0.2) is 0 Å². The van der Waals surface area contributed by atoms with Crippen molar-refractivity contribution in [3.8, 4) is 0 Å². The Hall–Kier alpha value is -1.81. The van der Waals surface area contributed by atoms with Crippen LogP contribution in [-0.2, 0) is 19.4 Å². The second-order valence-corrected chi connectivity index (χ2v) is 6.05. The molecule has 0 bridgehead atoms. The van der Waals surface area contributed by atoms with Crippen LogP contribution in [0.25, 0.3) is 0 Å². The van der Waals surface area contributed by atoms with Gasteiger partial charge in [0.15, 0.2) is 0 Å². The Balaban J connectivity index is 1.85. The van der Waals surface area contributed by atoms with Crippen LogP contribution in [0.4, 0.5) is 5.69 Å². The first-order chi connectivity index (χ1) is 9.69. The maximum Gasteiger partial charge on any atom is 0.264 e. The first-order valence-corrected chi connectivity index (χ1v) is 7.80. The fraction of sp³-hybridized carbons (Fsp3) is 0.312. The van der Waals surface area contributed by atoms with E-state index >= 15 is 0 Å². The van der Waals surface area contributed by atoms with Crippen molar-refractivity contribution >= 4 is 22.9 Å². The number of thiophene rings is 1. The zero-order valence-corrected chi connectivity index (χ0v) is 12.4. The third kappa shape index (κ3) is 2.31. The minimum Gasteiger partial charge on any atom is -0.399 e. The topological polar surface area (TPSA) is 46.3 Å². The Morgan fingerprint density at radius 1 is 1.35 bits per heavy atom. The summed E-state index contributed by atoms with van der Waals surface area (Å²) in [7, 11) is 0. The molecule has 0 fully saturated rings. The molecule has 0 spiro atoms.